The molecule has 32 heavy (non-hydrogen) atoms. The van der Waals surface area contributed by atoms with E-state index >= 15 is 0 Å². The molecule has 5 heteroatoms. The minimum absolute atomic E-state index is 0.211. The van der Waals surface area contributed by atoms with Gasteiger partial charge in [-0.1, -0.05) is 30.2 Å². The van der Waals surface area contributed by atoms with Crippen molar-refractivity contribution in [2.24, 2.45) is 5.92 Å². The van der Waals surface area contributed by atoms with Gasteiger partial charge in [0.05, 0.1) is 18.1 Å². The van der Waals surface area contributed by atoms with Crippen molar-refractivity contribution in [3.05, 3.63) is 70.6 Å². The van der Waals surface area contributed by atoms with Crippen LogP contribution in [0.5, 0.6) is 0 Å². The molecular weight excluding hydrogens is 404 g/mol. The van der Waals surface area contributed by atoms with Crippen LogP contribution in [0.4, 0.5) is 0 Å². The van der Waals surface area contributed by atoms with E-state index in [0.29, 0.717) is 11.3 Å². The van der Waals surface area contributed by atoms with Gasteiger partial charge in [-0.3, -0.25) is 4.79 Å². The number of aryl methyl sites for hydroxylation is 1. The van der Waals surface area contributed by atoms with Crippen molar-refractivity contribution in [1.82, 2.24) is 0 Å². The lowest BCUT2D eigenvalue weighted by Gasteiger charge is -2.10. The predicted octanol–water partition coefficient (Wildman–Crippen LogP) is 6.97. The molecule has 0 saturated heterocycles. The number of allylic oxidation sites excluding steroid dienone is 5. The summed E-state index contributed by atoms with van der Waals surface area (Å²) in [5, 5.41) is 0. The number of carbonyl (C=O) groups is 2. The summed E-state index contributed by atoms with van der Waals surface area (Å²) in [6.45, 7) is 9.39. The average Bonchev–Trinajstić information content (AvgIpc) is 3.32. The van der Waals surface area contributed by atoms with Crippen LogP contribution in [0.1, 0.15) is 78.7 Å². The van der Waals surface area contributed by atoms with E-state index in [4.69, 9.17) is 13.9 Å². The Morgan fingerprint density at radius 1 is 1.12 bits per heavy atom. The molecule has 1 aliphatic heterocycles. The van der Waals surface area contributed by atoms with Crippen molar-refractivity contribution in [2.75, 3.05) is 0 Å². The standard InChI is InChI=1S/C27H36O5/c1-19(9-6-10-20(2)12-8-14-24-15-16-30-18-24)11-7-13-21(3)17-25-26(31-23(5)28)22(4)27(29)32-25/h9,12,15-18,21H,6-8,10-11,13-14H2,1-5H3. The van der Waals surface area contributed by atoms with Gasteiger partial charge in [0, 0.05) is 6.92 Å². The van der Waals surface area contributed by atoms with Crippen LogP contribution in [-0.2, 0) is 25.5 Å². The first kappa shape index (κ1) is 25.4. The molecule has 1 unspecified atom stereocenters. The molecule has 0 fully saturated rings. The lowest BCUT2D eigenvalue weighted by Crippen LogP contribution is -2.02. The van der Waals surface area contributed by atoms with Gasteiger partial charge < -0.3 is 13.9 Å². The Labute approximate surface area is 191 Å². The molecular formula is C27H36O5. The fourth-order valence-corrected chi connectivity index (χ4v) is 3.60. The van der Waals surface area contributed by atoms with Gasteiger partial charge in [-0.2, -0.15) is 0 Å². The van der Waals surface area contributed by atoms with Crippen LogP contribution in [0.15, 0.2) is 69.5 Å². The SMILES string of the molecule is CC(=O)OC1=C(C)C(=O)OC1=CC(C)CCCC(C)=CCCC(C)=CCCc1ccoc1. The van der Waals surface area contributed by atoms with Crippen molar-refractivity contribution >= 4 is 11.9 Å². The minimum atomic E-state index is -0.458. The normalized spacial score (nSPS) is 17.2. The quantitative estimate of drug-likeness (QED) is 0.259. The number of hydrogen-bond acceptors (Lipinski definition) is 5. The van der Waals surface area contributed by atoms with E-state index < -0.39 is 11.9 Å². The maximum absolute atomic E-state index is 11.8. The monoisotopic (exact) mass is 440 g/mol. The summed E-state index contributed by atoms with van der Waals surface area (Å²) < 4.78 is 15.5. The number of ether oxygens (including phenoxy) is 2. The van der Waals surface area contributed by atoms with Crippen molar-refractivity contribution < 1.29 is 23.5 Å². The van der Waals surface area contributed by atoms with Gasteiger partial charge in [-0.05, 0) is 89.3 Å². The molecule has 1 aromatic heterocycles. The second-order valence-electron chi connectivity index (χ2n) is 8.65. The molecule has 2 heterocycles. The Morgan fingerprint density at radius 3 is 2.53 bits per heavy atom. The minimum Gasteiger partial charge on any atom is -0.472 e. The fourth-order valence-electron chi connectivity index (χ4n) is 3.60. The van der Waals surface area contributed by atoms with Crippen LogP contribution < -0.4 is 0 Å². The van der Waals surface area contributed by atoms with Crippen molar-refractivity contribution in [1.29, 1.82) is 0 Å². The Morgan fingerprint density at radius 2 is 1.84 bits per heavy atom. The van der Waals surface area contributed by atoms with Gasteiger partial charge >= 0.3 is 11.9 Å². The highest BCUT2D eigenvalue weighted by Gasteiger charge is 2.29. The number of esters is 2. The van der Waals surface area contributed by atoms with Crippen LogP contribution >= 0.6 is 0 Å². The largest absolute Gasteiger partial charge is 0.472 e. The highest BCUT2D eigenvalue weighted by molar-refractivity contribution is 5.94. The molecule has 0 bridgehead atoms. The van der Waals surface area contributed by atoms with Crippen molar-refractivity contribution in [3.8, 4) is 0 Å². The number of carbonyl (C=O) groups excluding carboxylic acids is 2. The maximum atomic E-state index is 11.8. The van der Waals surface area contributed by atoms with Crippen molar-refractivity contribution in [3.63, 3.8) is 0 Å². The van der Waals surface area contributed by atoms with Crippen LogP contribution in [-0.4, -0.2) is 11.9 Å². The van der Waals surface area contributed by atoms with E-state index in [1.807, 2.05) is 18.4 Å². The van der Waals surface area contributed by atoms with E-state index in [1.54, 1.807) is 13.2 Å². The van der Waals surface area contributed by atoms with Gasteiger partial charge in [0.25, 0.3) is 0 Å². The summed E-state index contributed by atoms with van der Waals surface area (Å²) in [7, 11) is 0. The highest BCUT2D eigenvalue weighted by Crippen LogP contribution is 2.29. The third-order valence-electron chi connectivity index (χ3n) is 5.52. The molecule has 0 amide bonds. The van der Waals surface area contributed by atoms with Crippen LogP contribution in [0.3, 0.4) is 0 Å². The Bertz CT molecular complexity index is 896. The van der Waals surface area contributed by atoms with Crippen LogP contribution in [0, 0.1) is 5.92 Å². The van der Waals surface area contributed by atoms with E-state index in [0.717, 1.165) is 44.9 Å². The highest BCUT2D eigenvalue weighted by atomic mass is 16.6. The molecule has 0 spiro atoms. The first-order valence-corrected chi connectivity index (χ1v) is 11.4. The van der Waals surface area contributed by atoms with Gasteiger partial charge in [-0.25, -0.2) is 4.79 Å². The number of furan rings is 1. The third kappa shape index (κ3) is 8.74. The van der Waals surface area contributed by atoms with Crippen LogP contribution in [0.2, 0.25) is 0 Å². The van der Waals surface area contributed by atoms with E-state index in [1.165, 1.54) is 23.6 Å². The van der Waals surface area contributed by atoms with Gasteiger partial charge in [0.2, 0.25) is 0 Å². The summed E-state index contributed by atoms with van der Waals surface area (Å²) in [5.41, 5.74) is 4.41. The lowest BCUT2D eigenvalue weighted by molar-refractivity contribution is -0.137. The molecule has 0 saturated carbocycles. The molecule has 1 aromatic rings. The zero-order chi connectivity index (χ0) is 23.5. The molecule has 0 radical (unpaired) electrons. The molecule has 1 aliphatic rings. The molecule has 0 N–H and O–H groups in total. The second kappa shape index (κ2) is 12.9. The lowest BCUT2D eigenvalue weighted by atomic mass is 9.99. The fraction of sp³-hybridized carbons (Fsp3) is 0.481. The summed E-state index contributed by atoms with van der Waals surface area (Å²) in [6.07, 6.45) is 17.3. The Balaban J connectivity index is 1.70. The average molecular weight is 441 g/mol. The zero-order valence-corrected chi connectivity index (χ0v) is 20.0. The van der Waals surface area contributed by atoms with Crippen molar-refractivity contribution in [2.45, 2.75) is 79.6 Å². The maximum Gasteiger partial charge on any atom is 0.343 e. The molecule has 0 aromatic carbocycles. The van der Waals surface area contributed by atoms with E-state index in [-0.39, 0.29) is 11.7 Å². The summed E-state index contributed by atoms with van der Waals surface area (Å²) in [6, 6.07) is 2.02. The summed E-state index contributed by atoms with van der Waals surface area (Å²) in [5.74, 6) is -0.0946. The number of rotatable bonds is 12. The number of cyclic esters (lactones) is 1. The van der Waals surface area contributed by atoms with Crippen LogP contribution in [0.25, 0.3) is 0 Å². The number of hydrogen-bond donors (Lipinski definition) is 0. The Kier molecular flexibility index (Phi) is 10.3. The summed E-state index contributed by atoms with van der Waals surface area (Å²) >= 11 is 0. The molecule has 2 rings (SSSR count). The molecule has 174 valence electrons. The van der Waals surface area contributed by atoms with Gasteiger partial charge in [0.15, 0.2) is 11.5 Å². The summed E-state index contributed by atoms with van der Waals surface area (Å²) in [4.78, 5) is 23.1. The Hall–Kier alpha value is -2.82. The first-order chi connectivity index (χ1) is 15.3. The first-order valence-electron chi connectivity index (χ1n) is 11.4. The molecule has 0 aliphatic carbocycles. The predicted molar refractivity (Wildman–Crippen MR) is 125 cm³/mol. The van der Waals surface area contributed by atoms with Gasteiger partial charge in [-0.15, -0.1) is 0 Å². The van der Waals surface area contributed by atoms with Gasteiger partial charge in [0.1, 0.15) is 0 Å². The van der Waals surface area contributed by atoms with E-state index in [2.05, 4.69) is 32.9 Å². The van der Waals surface area contributed by atoms with E-state index in [9.17, 15) is 9.59 Å². The smallest absolute Gasteiger partial charge is 0.343 e. The topological polar surface area (TPSA) is 65.7 Å². The zero-order valence-electron chi connectivity index (χ0n) is 20.0. The molecule has 5 nitrogen and oxygen atoms in total. The molecule has 1 atom stereocenters. The second-order valence-corrected chi connectivity index (χ2v) is 8.65. The third-order valence-corrected chi connectivity index (χ3v) is 5.52.